The maximum Gasteiger partial charge on any atom is 0.270 e. The van der Waals surface area contributed by atoms with Crippen LogP contribution in [0.4, 0.5) is 0 Å². The van der Waals surface area contributed by atoms with Crippen molar-refractivity contribution in [3.8, 4) is 0 Å². The van der Waals surface area contributed by atoms with Gasteiger partial charge in [0.1, 0.15) is 5.69 Å². The molecule has 1 aliphatic heterocycles. The molecule has 3 heterocycles. The number of amides is 1. The van der Waals surface area contributed by atoms with Crippen LogP contribution in [0.15, 0.2) is 35.1 Å². The van der Waals surface area contributed by atoms with Gasteiger partial charge in [0, 0.05) is 45.7 Å². The molecule has 1 aliphatic rings. The van der Waals surface area contributed by atoms with Gasteiger partial charge in [-0.2, -0.15) is 0 Å². The van der Waals surface area contributed by atoms with Gasteiger partial charge in [-0.1, -0.05) is 18.2 Å². The van der Waals surface area contributed by atoms with E-state index in [1.807, 2.05) is 40.8 Å². The molecule has 0 bridgehead atoms. The highest BCUT2D eigenvalue weighted by Gasteiger charge is 2.25. The second kappa shape index (κ2) is 5.74. The lowest BCUT2D eigenvalue weighted by Gasteiger charge is -2.32. The number of likely N-dealkylation sites (N-methyl/N-ethyl adjacent to an activating group) is 1. The number of benzene rings is 1. The molecule has 0 spiro atoms. The molecule has 4 rings (SSSR count). The lowest BCUT2D eigenvalue weighted by atomic mass is 10.1. The lowest BCUT2D eigenvalue weighted by Crippen LogP contribution is -2.47. The van der Waals surface area contributed by atoms with Crippen molar-refractivity contribution in [1.82, 2.24) is 18.9 Å². The van der Waals surface area contributed by atoms with E-state index in [1.165, 1.54) is 0 Å². The van der Waals surface area contributed by atoms with Gasteiger partial charge in [-0.05, 0) is 19.2 Å². The Kier molecular flexibility index (Phi) is 3.65. The van der Waals surface area contributed by atoms with E-state index in [0.29, 0.717) is 11.1 Å². The van der Waals surface area contributed by atoms with Crippen LogP contribution in [0.3, 0.4) is 0 Å². The average Bonchev–Trinajstić information content (AvgIpc) is 2.97. The first kappa shape index (κ1) is 15.9. The Morgan fingerprint density at radius 1 is 0.920 bits per heavy atom. The monoisotopic (exact) mass is 338 g/mol. The van der Waals surface area contributed by atoms with Crippen LogP contribution < -0.4 is 5.56 Å². The first-order valence-corrected chi connectivity index (χ1v) is 8.54. The number of carbonyl (C=O) groups is 1. The summed E-state index contributed by atoms with van der Waals surface area (Å²) >= 11 is 0. The summed E-state index contributed by atoms with van der Waals surface area (Å²) in [4.78, 5) is 29.9. The van der Waals surface area contributed by atoms with Crippen LogP contribution in [0.2, 0.25) is 0 Å². The smallest absolute Gasteiger partial charge is 0.270 e. The van der Waals surface area contributed by atoms with E-state index in [4.69, 9.17) is 0 Å². The number of hydrogen-bond acceptors (Lipinski definition) is 3. The van der Waals surface area contributed by atoms with Crippen LogP contribution in [0, 0.1) is 0 Å². The Balaban J connectivity index is 1.91. The summed E-state index contributed by atoms with van der Waals surface area (Å²) in [6, 6.07) is 9.57. The first-order valence-electron chi connectivity index (χ1n) is 8.54. The van der Waals surface area contributed by atoms with Gasteiger partial charge in [-0.3, -0.25) is 9.59 Å². The Labute approximate surface area is 145 Å². The summed E-state index contributed by atoms with van der Waals surface area (Å²) in [5, 5.41) is 1.58. The fraction of sp³-hybridized carbons (Fsp3) is 0.368. The zero-order valence-electron chi connectivity index (χ0n) is 14.8. The largest absolute Gasteiger partial charge is 0.339 e. The van der Waals surface area contributed by atoms with Crippen LogP contribution in [-0.2, 0) is 14.1 Å². The summed E-state index contributed by atoms with van der Waals surface area (Å²) in [6.07, 6.45) is 0. The van der Waals surface area contributed by atoms with Crippen molar-refractivity contribution in [1.29, 1.82) is 0 Å². The molecule has 0 atom stereocenters. The molecule has 6 heteroatoms. The third-order valence-electron chi connectivity index (χ3n) is 5.30. The fourth-order valence-electron chi connectivity index (χ4n) is 3.73. The number of aryl methyl sites for hydroxylation is 2. The van der Waals surface area contributed by atoms with Gasteiger partial charge in [0.2, 0.25) is 0 Å². The second-order valence-electron chi connectivity index (χ2n) is 6.83. The molecule has 0 saturated carbocycles. The maximum atomic E-state index is 13.0. The number of nitrogens with zero attached hydrogens (tertiary/aromatic N) is 4. The maximum absolute atomic E-state index is 13.0. The highest BCUT2D eigenvalue weighted by molar-refractivity contribution is 6.08. The third-order valence-corrected chi connectivity index (χ3v) is 5.30. The molecule has 1 aromatic carbocycles. The molecule has 1 saturated heterocycles. The summed E-state index contributed by atoms with van der Waals surface area (Å²) in [6.45, 7) is 3.19. The fourth-order valence-corrected chi connectivity index (χ4v) is 3.73. The van der Waals surface area contributed by atoms with Gasteiger partial charge in [-0.25, -0.2) is 0 Å². The Hall–Kier alpha value is -2.60. The van der Waals surface area contributed by atoms with Crippen molar-refractivity contribution < 1.29 is 4.79 Å². The van der Waals surface area contributed by atoms with Crippen LogP contribution in [0.5, 0.6) is 0 Å². The van der Waals surface area contributed by atoms with Crippen LogP contribution in [0.25, 0.3) is 21.8 Å². The number of para-hydroxylation sites is 1. The molecular formula is C19H22N4O2. The quantitative estimate of drug-likeness (QED) is 0.674. The number of pyridine rings is 1. The van der Waals surface area contributed by atoms with E-state index >= 15 is 0 Å². The molecule has 130 valence electrons. The summed E-state index contributed by atoms with van der Waals surface area (Å²) in [5.74, 6) is -0.00191. The van der Waals surface area contributed by atoms with Crippen LogP contribution >= 0.6 is 0 Å². The van der Waals surface area contributed by atoms with Gasteiger partial charge in [0.05, 0.1) is 16.4 Å². The van der Waals surface area contributed by atoms with Gasteiger partial charge in [0.15, 0.2) is 0 Å². The SMILES string of the molecule is CN1CCN(C(=O)c2cc3c(=O)n(C)c4ccccc4c3n2C)CC1. The van der Waals surface area contributed by atoms with Crippen LogP contribution in [0.1, 0.15) is 10.5 Å². The minimum Gasteiger partial charge on any atom is -0.339 e. The van der Waals surface area contributed by atoms with E-state index in [9.17, 15) is 9.59 Å². The molecule has 25 heavy (non-hydrogen) atoms. The average molecular weight is 338 g/mol. The summed E-state index contributed by atoms with van der Waals surface area (Å²) in [5.41, 5.74) is 2.21. The first-order chi connectivity index (χ1) is 12.0. The molecule has 2 aromatic heterocycles. The van der Waals surface area contributed by atoms with Gasteiger partial charge < -0.3 is 18.9 Å². The van der Waals surface area contributed by atoms with Gasteiger partial charge >= 0.3 is 0 Å². The molecule has 0 radical (unpaired) electrons. The second-order valence-corrected chi connectivity index (χ2v) is 6.83. The number of aromatic nitrogens is 2. The highest BCUT2D eigenvalue weighted by atomic mass is 16.2. The molecule has 1 fully saturated rings. The summed E-state index contributed by atoms with van der Waals surface area (Å²) < 4.78 is 3.53. The predicted molar refractivity (Wildman–Crippen MR) is 99.1 cm³/mol. The van der Waals surface area contributed by atoms with Crippen molar-refractivity contribution in [2.75, 3.05) is 33.2 Å². The molecule has 0 N–H and O–H groups in total. The Morgan fingerprint density at radius 3 is 2.32 bits per heavy atom. The predicted octanol–water partition coefficient (Wildman–Crippen LogP) is 1.42. The molecule has 1 amide bonds. The minimum absolute atomic E-state index is 0.00191. The minimum atomic E-state index is -0.0678. The van der Waals surface area contributed by atoms with E-state index in [2.05, 4.69) is 11.9 Å². The normalized spacial score (nSPS) is 16.0. The van der Waals surface area contributed by atoms with E-state index in [0.717, 1.165) is 42.6 Å². The van der Waals surface area contributed by atoms with Gasteiger partial charge in [-0.15, -0.1) is 0 Å². The van der Waals surface area contributed by atoms with Crippen LogP contribution in [-0.4, -0.2) is 58.1 Å². The molecule has 0 aliphatic carbocycles. The van der Waals surface area contributed by atoms with Gasteiger partial charge in [0.25, 0.3) is 11.5 Å². The highest BCUT2D eigenvalue weighted by Crippen LogP contribution is 2.25. The van der Waals surface area contributed by atoms with E-state index in [1.54, 1.807) is 17.7 Å². The topological polar surface area (TPSA) is 50.5 Å². The van der Waals surface area contributed by atoms with E-state index in [-0.39, 0.29) is 11.5 Å². The number of carbonyl (C=O) groups excluding carboxylic acids is 1. The van der Waals surface area contributed by atoms with Crippen molar-refractivity contribution in [3.05, 3.63) is 46.4 Å². The number of fused-ring (bicyclic) bond motifs is 3. The lowest BCUT2D eigenvalue weighted by molar-refractivity contribution is 0.0655. The van der Waals surface area contributed by atoms with Crippen molar-refractivity contribution in [2.45, 2.75) is 0 Å². The standard InChI is InChI=1S/C19H22N4O2/c1-20-8-10-23(11-9-20)19(25)16-12-14-17(21(16)2)13-6-4-5-7-15(13)22(3)18(14)24/h4-7,12H,8-11H2,1-3H3. The van der Waals surface area contributed by atoms with Crippen molar-refractivity contribution in [3.63, 3.8) is 0 Å². The Bertz CT molecular complexity index is 1040. The molecular weight excluding hydrogens is 316 g/mol. The molecule has 6 nitrogen and oxygen atoms in total. The Morgan fingerprint density at radius 2 is 1.60 bits per heavy atom. The number of hydrogen-bond donors (Lipinski definition) is 0. The third kappa shape index (κ3) is 2.36. The van der Waals surface area contributed by atoms with E-state index < -0.39 is 0 Å². The van der Waals surface area contributed by atoms with Crippen molar-refractivity contribution >= 4 is 27.7 Å². The zero-order valence-corrected chi connectivity index (χ0v) is 14.8. The number of rotatable bonds is 1. The molecule has 0 unspecified atom stereocenters. The summed E-state index contributed by atoms with van der Waals surface area (Å²) in [7, 11) is 5.71. The van der Waals surface area contributed by atoms with Crippen molar-refractivity contribution in [2.24, 2.45) is 14.1 Å². The molecule has 3 aromatic rings. The zero-order chi connectivity index (χ0) is 17.7. The number of piperazine rings is 1.